The standard InChI is InChI=1S/C13H16F3NO3.ClH/c1-12(2,11(19)20-3)10(17)8-6-7(13(14,15)16)4-5-9(8)18;/h4-6,10,18H,17H2,1-3H3;1H/t10-;/m0./s1. The Balaban J connectivity index is 0.00000400. The van der Waals surface area contributed by atoms with Crippen molar-refractivity contribution in [3.63, 3.8) is 0 Å². The first-order chi connectivity index (χ1) is 9.01. The van der Waals surface area contributed by atoms with Crippen LogP contribution in [0.2, 0.25) is 0 Å². The van der Waals surface area contributed by atoms with Crippen LogP contribution in [0, 0.1) is 5.41 Å². The number of rotatable bonds is 3. The number of alkyl halides is 3. The Labute approximate surface area is 126 Å². The third-order valence-corrected chi connectivity index (χ3v) is 3.18. The van der Waals surface area contributed by atoms with Gasteiger partial charge in [-0.2, -0.15) is 13.2 Å². The summed E-state index contributed by atoms with van der Waals surface area (Å²) in [6.45, 7) is 2.87. The van der Waals surface area contributed by atoms with Gasteiger partial charge in [0, 0.05) is 11.6 Å². The highest BCUT2D eigenvalue weighted by atomic mass is 35.5. The lowest BCUT2D eigenvalue weighted by molar-refractivity contribution is -0.152. The second-order valence-electron chi connectivity index (χ2n) is 4.96. The van der Waals surface area contributed by atoms with Crippen molar-refractivity contribution in [1.29, 1.82) is 0 Å². The van der Waals surface area contributed by atoms with Crippen LogP contribution in [0.4, 0.5) is 13.2 Å². The van der Waals surface area contributed by atoms with Crippen molar-refractivity contribution in [2.75, 3.05) is 7.11 Å². The van der Waals surface area contributed by atoms with E-state index >= 15 is 0 Å². The lowest BCUT2D eigenvalue weighted by Crippen LogP contribution is -2.37. The Bertz CT molecular complexity index is 518. The van der Waals surface area contributed by atoms with E-state index in [-0.39, 0.29) is 18.0 Å². The van der Waals surface area contributed by atoms with Crippen LogP contribution < -0.4 is 5.73 Å². The van der Waals surface area contributed by atoms with E-state index in [1.54, 1.807) is 0 Å². The molecule has 0 radical (unpaired) electrons. The van der Waals surface area contributed by atoms with E-state index in [0.29, 0.717) is 0 Å². The van der Waals surface area contributed by atoms with E-state index < -0.39 is 34.9 Å². The molecule has 0 heterocycles. The summed E-state index contributed by atoms with van der Waals surface area (Å²) in [7, 11) is 1.16. The van der Waals surface area contributed by atoms with Crippen LogP contribution in [0.1, 0.15) is 31.0 Å². The quantitative estimate of drug-likeness (QED) is 0.837. The minimum atomic E-state index is -4.56. The molecule has 0 aliphatic carbocycles. The summed E-state index contributed by atoms with van der Waals surface area (Å²) in [6, 6.07) is 1.25. The Morgan fingerprint density at radius 3 is 2.29 bits per heavy atom. The molecule has 0 fully saturated rings. The monoisotopic (exact) mass is 327 g/mol. The van der Waals surface area contributed by atoms with E-state index in [1.807, 2.05) is 0 Å². The van der Waals surface area contributed by atoms with Crippen molar-refractivity contribution in [2.24, 2.45) is 11.1 Å². The molecule has 3 N–H and O–H groups in total. The number of nitrogens with two attached hydrogens (primary N) is 1. The highest BCUT2D eigenvalue weighted by Crippen LogP contribution is 2.39. The van der Waals surface area contributed by atoms with Crippen molar-refractivity contribution in [1.82, 2.24) is 0 Å². The Hall–Kier alpha value is -1.47. The summed E-state index contributed by atoms with van der Waals surface area (Å²) in [6.07, 6.45) is -4.56. The third-order valence-electron chi connectivity index (χ3n) is 3.18. The largest absolute Gasteiger partial charge is 0.508 e. The third kappa shape index (κ3) is 4.01. The van der Waals surface area contributed by atoms with E-state index in [1.165, 1.54) is 13.8 Å². The molecule has 0 aliphatic heterocycles. The van der Waals surface area contributed by atoms with Gasteiger partial charge in [0.2, 0.25) is 0 Å². The Morgan fingerprint density at radius 2 is 1.86 bits per heavy atom. The van der Waals surface area contributed by atoms with E-state index in [0.717, 1.165) is 25.3 Å². The second kappa shape index (κ2) is 6.53. The fourth-order valence-electron chi connectivity index (χ4n) is 1.76. The molecule has 120 valence electrons. The van der Waals surface area contributed by atoms with Gasteiger partial charge >= 0.3 is 12.1 Å². The van der Waals surface area contributed by atoms with Gasteiger partial charge < -0.3 is 15.6 Å². The molecule has 21 heavy (non-hydrogen) atoms. The molecule has 4 nitrogen and oxygen atoms in total. The van der Waals surface area contributed by atoms with Gasteiger partial charge in [0.05, 0.1) is 18.1 Å². The first kappa shape index (κ1) is 19.5. The molecule has 0 aromatic heterocycles. The number of hydrogen-bond donors (Lipinski definition) is 2. The predicted molar refractivity (Wildman–Crippen MR) is 73.1 cm³/mol. The van der Waals surface area contributed by atoms with Crippen molar-refractivity contribution in [2.45, 2.75) is 26.1 Å². The van der Waals surface area contributed by atoms with Gasteiger partial charge in [0.25, 0.3) is 0 Å². The zero-order valence-corrected chi connectivity index (χ0v) is 12.5. The maximum absolute atomic E-state index is 12.7. The van der Waals surface area contributed by atoms with E-state index in [4.69, 9.17) is 5.73 Å². The number of ether oxygens (including phenoxy) is 1. The topological polar surface area (TPSA) is 72.5 Å². The number of halogens is 4. The van der Waals surface area contributed by atoms with Gasteiger partial charge in [-0.15, -0.1) is 12.4 Å². The van der Waals surface area contributed by atoms with Crippen molar-refractivity contribution < 1.29 is 27.8 Å². The highest BCUT2D eigenvalue weighted by Gasteiger charge is 2.39. The van der Waals surface area contributed by atoms with Gasteiger partial charge in [-0.1, -0.05) is 0 Å². The van der Waals surface area contributed by atoms with Gasteiger partial charge in [0.15, 0.2) is 0 Å². The summed E-state index contributed by atoms with van der Waals surface area (Å²) >= 11 is 0. The van der Waals surface area contributed by atoms with Crippen LogP contribution in [-0.2, 0) is 15.7 Å². The Morgan fingerprint density at radius 1 is 1.33 bits per heavy atom. The van der Waals surface area contributed by atoms with Gasteiger partial charge in [-0.3, -0.25) is 4.79 Å². The molecule has 8 heteroatoms. The molecule has 0 unspecified atom stereocenters. The lowest BCUT2D eigenvalue weighted by atomic mass is 9.80. The maximum atomic E-state index is 12.7. The fraction of sp³-hybridized carbons (Fsp3) is 0.462. The zero-order valence-electron chi connectivity index (χ0n) is 11.7. The van der Waals surface area contributed by atoms with Crippen LogP contribution in [-0.4, -0.2) is 18.2 Å². The van der Waals surface area contributed by atoms with Crippen LogP contribution in [0.25, 0.3) is 0 Å². The Kier molecular flexibility index (Phi) is 6.07. The minimum Gasteiger partial charge on any atom is -0.508 e. The average molecular weight is 328 g/mol. The molecule has 0 spiro atoms. The van der Waals surface area contributed by atoms with Crippen molar-refractivity contribution in [3.05, 3.63) is 29.3 Å². The van der Waals surface area contributed by atoms with Crippen LogP contribution in [0.3, 0.4) is 0 Å². The number of carbonyl (C=O) groups is 1. The molecular formula is C13H17ClF3NO3. The van der Waals surface area contributed by atoms with Gasteiger partial charge in [-0.25, -0.2) is 0 Å². The number of phenols is 1. The number of esters is 1. The van der Waals surface area contributed by atoms with Crippen molar-refractivity contribution in [3.8, 4) is 5.75 Å². The molecule has 1 aromatic rings. The van der Waals surface area contributed by atoms with Crippen LogP contribution in [0.5, 0.6) is 5.75 Å². The number of methoxy groups -OCH3 is 1. The first-order valence-corrected chi connectivity index (χ1v) is 5.76. The molecule has 1 rings (SSSR count). The minimum absolute atomic E-state index is 0. The molecular weight excluding hydrogens is 311 g/mol. The lowest BCUT2D eigenvalue weighted by Gasteiger charge is -2.29. The number of aromatic hydroxyl groups is 1. The molecule has 0 aliphatic rings. The average Bonchev–Trinajstić information content (AvgIpc) is 2.35. The fourth-order valence-corrected chi connectivity index (χ4v) is 1.76. The van der Waals surface area contributed by atoms with Gasteiger partial charge in [0.1, 0.15) is 5.75 Å². The summed E-state index contributed by atoms with van der Waals surface area (Å²) in [4.78, 5) is 11.6. The molecule has 1 atom stereocenters. The number of carbonyl (C=O) groups excluding carboxylic acids is 1. The smallest absolute Gasteiger partial charge is 0.416 e. The molecule has 1 aromatic carbocycles. The molecule has 0 saturated carbocycles. The number of hydrogen-bond acceptors (Lipinski definition) is 4. The summed E-state index contributed by atoms with van der Waals surface area (Å²) < 4.78 is 42.6. The molecule has 0 saturated heterocycles. The maximum Gasteiger partial charge on any atom is 0.416 e. The highest BCUT2D eigenvalue weighted by molar-refractivity contribution is 5.85. The predicted octanol–water partition coefficient (Wildman–Crippen LogP) is 3.03. The zero-order chi connectivity index (χ0) is 15.7. The summed E-state index contributed by atoms with van der Waals surface area (Å²) in [5, 5.41) is 9.69. The second-order valence-corrected chi connectivity index (χ2v) is 4.96. The van der Waals surface area contributed by atoms with E-state index in [9.17, 15) is 23.1 Å². The van der Waals surface area contributed by atoms with Crippen LogP contribution in [0.15, 0.2) is 18.2 Å². The van der Waals surface area contributed by atoms with E-state index in [2.05, 4.69) is 4.74 Å². The van der Waals surface area contributed by atoms with Gasteiger partial charge in [-0.05, 0) is 32.0 Å². The molecule has 0 amide bonds. The number of phenolic OH excluding ortho intramolecular Hbond substituents is 1. The first-order valence-electron chi connectivity index (χ1n) is 5.76. The number of benzene rings is 1. The molecule has 0 bridgehead atoms. The summed E-state index contributed by atoms with van der Waals surface area (Å²) in [5.41, 5.74) is 3.45. The SMILES string of the molecule is COC(=O)C(C)(C)[C@@H](N)c1cc(C(F)(F)F)ccc1O.Cl. The summed E-state index contributed by atoms with van der Waals surface area (Å²) in [5.74, 6) is -1.08. The normalized spacial score (nSPS) is 13.3. The van der Waals surface area contributed by atoms with Crippen molar-refractivity contribution >= 4 is 18.4 Å². The van der Waals surface area contributed by atoms with Crippen LogP contribution >= 0.6 is 12.4 Å².